The molecule has 3 saturated heterocycles. The standard InChI is InChI=1S/C34H43FN6O2/c1-2-26-28(35)8-5-22-15-25(42)16-30(31(22)26)40-14-9-27-29(19-40)37-33(38-32(27)41-17-23-6-7-24(18-41)36-23)43-21-34(10-11-34)20-39-12-3-4-13-39/h5,8,15-16,23-24,36,42H,2-4,6-7,9-14,17-21H2,1H3/t23-,24+/i21D2. The summed E-state index contributed by atoms with van der Waals surface area (Å²) in [5.41, 5.74) is 2.76. The van der Waals surface area contributed by atoms with Gasteiger partial charge in [0.1, 0.15) is 17.4 Å². The third-order valence-corrected chi connectivity index (χ3v) is 10.3. The average Bonchev–Trinajstić information content (AvgIpc) is 3.50. The van der Waals surface area contributed by atoms with Gasteiger partial charge in [0.25, 0.3) is 0 Å². The largest absolute Gasteiger partial charge is 0.508 e. The van der Waals surface area contributed by atoms with Crippen molar-refractivity contribution in [2.24, 2.45) is 5.41 Å². The number of phenols is 1. The van der Waals surface area contributed by atoms with Crippen molar-refractivity contribution < 1.29 is 17.0 Å². The highest BCUT2D eigenvalue weighted by Gasteiger charge is 2.45. The third kappa shape index (κ3) is 5.18. The number of piperazine rings is 1. The SMILES string of the molecule is [2H]C([2H])(Oc1nc2c(c(N3C[C@H]4CC[C@@H](C3)N4)n1)CCN(c1cc(O)cc3ccc(F)c(CC)c13)C2)C1(CN2CCCC2)CC1. The number of rotatable bonds is 8. The van der Waals surface area contributed by atoms with Gasteiger partial charge in [-0.2, -0.15) is 9.97 Å². The van der Waals surface area contributed by atoms with Crippen LogP contribution in [0.3, 0.4) is 0 Å². The Morgan fingerprint density at radius 2 is 1.88 bits per heavy atom. The lowest BCUT2D eigenvalue weighted by Crippen LogP contribution is -2.52. The summed E-state index contributed by atoms with van der Waals surface area (Å²) in [6, 6.07) is 7.56. The molecule has 8 rings (SSSR count). The molecule has 2 bridgehead atoms. The first-order valence-electron chi connectivity index (χ1n) is 17.2. The summed E-state index contributed by atoms with van der Waals surface area (Å²) in [6.45, 7) is 5.60. The van der Waals surface area contributed by atoms with Gasteiger partial charge in [0.05, 0.1) is 21.5 Å². The van der Waals surface area contributed by atoms with Gasteiger partial charge < -0.3 is 29.9 Å². The minimum atomic E-state index is -1.90. The molecule has 4 aliphatic heterocycles. The summed E-state index contributed by atoms with van der Waals surface area (Å²) in [4.78, 5) is 16.8. The molecule has 5 aliphatic rings. The van der Waals surface area contributed by atoms with Crippen LogP contribution in [0.25, 0.3) is 10.8 Å². The number of nitrogens with one attached hydrogen (secondary N) is 1. The van der Waals surface area contributed by atoms with E-state index in [2.05, 4.69) is 20.0 Å². The van der Waals surface area contributed by atoms with Crippen molar-refractivity contribution in [3.05, 3.63) is 46.9 Å². The molecule has 0 spiro atoms. The van der Waals surface area contributed by atoms with Crippen molar-refractivity contribution in [3.8, 4) is 11.8 Å². The summed E-state index contributed by atoms with van der Waals surface area (Å²) in [7, 11) is 0. The second-order valence-corrected chi connectivity index (χ2v) is 13.4. The molecular formula is C34H43FN6O2. The molecule has 9 heteroatoms. The predicted molar refractivity (Wildman–Crippen MR) is 167 cm³/mol. The van der Waals surface area contributed by atoms with E-state index in [-0.39, 0.29) is 17.6 Å². The van der Waals surface area contributed by atoms with Gasteiger partial charge in [-0.1, -0.05) is 13.0 Å². The van der Waals surface area contributed by atoms with Gasteiger partial charge in [-0.25, -0.2) is 4.39 Å². The Hall–Kier alpha value is -3.17. The van der Waals surface area contributed by atoms with Gasteiger partial charge >= 0.3 is 6.01 Å². The Labute approximate surface area is 256 Å². The zero-order chi connectivity index (χ0) is 30.9. The van der Waals surface area contributed by atoms with E-state index in [4.69, 9.17) is 17.4 Å². The van der Waals surface area contributed by atoms with Crippen LogP contribution in [0.4, 0.5) is 15.9 Å². The zero-order valence-electron chi connectivity index (χ0n) is 27.0. The lowest BCUT2D eigenvalue weighted by Gasteiger charge is -2.37. The van der Waals surface area contributed by atoms with Crippen LogP contribution in [0.15, 0.2) is 24.3 Å². The molecule has 4 fully saturated rings. The number of aryl methyl sites for hydroxylation is 1. The number of hydrogen-bond acceptors (Lipinski definition) is 8. The summed E-state index contributed by atoms with van der Waals surface area (Å²) < 4.78 is 39.5. The first-order chi connectivity index (χ1) is 21.7. The van der Waals surface area contributed by atoms with Gasteiger partial charge in [-0.3, -0.25) is 0 Å². The van der Waals surface area contributed by atoms with E-state index in [1.165, 1.54) is 18.9 Å². The van der Waals surface area contributed by atoms with Crippen LogP contribution in [0, 0.1) is 11.2 Å². The minimum absolute atomic E-state index is 0.0928. The number of hydrogen-bond donors (Lipinski definition) is 2. The highest BCUT2D eigenvalue weighted by molar-refractivity contribution is 5.98. The first kappa shape index (κ1) is 25.2. The number of aromatic hydroxyl groups is 1. The molecule has 2 aromatic carbocycles. The number of halogens is 1. The smallest absolute Gasteiger partial charge is 0.318 e. The Balaban J connectivity index is 1.16. The topological polar surface area (TPSA) is 77.0 Å². The van der Waals surface area contributed by atoms with Crippen molar-refractivity contribution in [1.82, 2.24) is 20.2 Å². The van der Waals surface area contributed by atoms with Crippen LogP contribution >= 0.6 is 0 Å². The number of likely N-dealkylation sites (tertiary alicyclic amines) is 1. The average molecular weight is 589 g/mol. The monoisotopic (exact) mass is 588 g/mol. The van der Waals surface area contributed by atoms with E-state index < -0.39 is 12.0 Å². The lowest BCUT2D eigenvalue weighted by atomic mass is 9.97. The molecule has 1 aromatic heterocycles. The van der Waals surface area contributed by atoms with Crippen LogP contribution in [0.2, 0.25) is 0 Å². The normalized spacial score (nSPS) is 25.5. The number of ether oxygens (including phenoxy) is 1. The highest BCUT2D eigenvalue weighted by Crippen LogP contribution is 2.47. The maximum absolute atomic E-state index is 15.0. The quantitative estimate of drug-likeness (QED) is 0.389. The van der Waals surface area contributed by atoms with Gasteiger partial charge in [0, 0.05) is 66.4 Å². The third-order valence-electron chi connectivity index (χ3n) is 10.3. The lowest BCUT2D eigenvalue weighted by molar-refractivity contribution is 0.169. The fraction of sp³-hybridized carbons (Fsp3) is 0.588. The van der Waals surface area contributed by atoms with Crippen molar-refractivity contribution in [2.75, 3.05) is 55.6 Å². The number of fused-ring (bicyclic) bond motifs is 4. The van der Waals surface area contributed by atoms with Gasteiger partial charge in [0.2, 0.25) is 0 Å². The molecule has 0 amide bonds. The fourth-order valence-electron chi connectivity index (χ4n) is 7.91. The van der Waals surface area contributed by atoms with E-state index >= 15 is 4.39 Å². The second-order valence-electron chi connectivity index (χ2n) is 13.4. The fourth-order valence-corrected chi connectivity index (χ4v) is 7.91. The molecule has 8 nitrogen and oxygen atoms in total. The number of nitrogens with zero attached hydrogens (tertiary/aromatic N) is 5. The minimum Gasteiger partial charge on any atom is -0.508 e. The predicted octanol–water partition coefficient (Wildman–Crippen LogP) is 4.80. The van der Waals surface area contributed by atoms with Gasteiger partial charge in [-0.05, 0) is 87.5 Å². The molecule has 2 N–H and O–H groups in total. The number of benzene rings is 2. The van der Waals surface area contributed by atoms with Crippen LogP contribution in [0.1, 0.15) is 65.0 Å². The molecule has 3 aromatic rings. The number of aromatic nitrogens is 2. The number of anilines is 2. The van der Waals surface area contributed by atoms with E-state index in [1.807, 2.05) is 6.92 Å². The van der Waals surface area contributed by atoms with Crippen molar-refractivity contribution in [2.45, 2.75) is 76.9 Å². The van der Waals surface area contributed by atoms with E-state index in [9.17, 15) is 5.11 Å². The summed E-state index contributed by atoms with van der Waals surface area (Å²) in [5.74, 6) is 0.754. The summed E-state index contributed by atoms with van der Waals surface area (Å²) in [5, 5.41) is 16.0. The molecular weight excluding hydrogens is 543 g/mol. The molecule has 0 radical (unpaired) electrons. The van der Waals surface area contributed by atoms with E-state index in [1.54, 1.807) is 18.2 Å². The molecule has 228 valence electrons. The zero-order valence-corrected chi connectivity index (χ0v) is 25.0. The van der Waals surface area contributed by atoms with Gasteiger partial charge in [-0.15, -0.1) is 0 Å². The van der Waals surface area contributed by atoms with Crippen LogP contribution in [-0.2, 0) is 19.4 Å². The maximum atomic E-state index is 15.0. The molecule has 1 saturated carbocycles. The maximum Gasteiger partial charge on any atom is 0.318 e. The summed E-state index contributed by atoms with van der Waals surface area (Å²) in [6.07, 6.45) is 7.44. The molecule has 1 aliphatic carbocycles. The van der Waals surface area contributed by atoms with Gasteiger partial charge in [0.15, 0.2) is 0 Å². The van der Waals surface area contributed by atoms with E-state index in [0.29, 0.717) is 50.1 Å². The van der Waals surface area contributed by atoms with Crippen LogP contribution in [-0.4, -0.2) is 77.9 Å². The Morgan fingerprint density at radius 1 is 1.09 bits per heavy atom. The van der Waals surface area contributed by atoms with Crippen molar-refractivity contribution in [3.63, 3.8) is 0 Å². The summed E-state index contributed by atoms with van der Waals surface area (Å²) >= 11 is 0. The molecule has 5 heterocycles. The van der Waals surface area contributed by atoms with E-state index in [0.717, 1.165) is 85.4 Å². The first-order valence-corrected chi connectivity index (χ1v) is 16.2. The Kier molecular flexibility index (Phi) is 6.31. The highest BCUT2D eigenvalue weighted by atomic mass is 19.1. The van der Waals surface area contributed by atoms with Crippen LogP contribution in [0.5, 0.6) is 11.8 Å². The van der Waals surface area contributed by atoms with Crippen molar-refractivity contribution in [1.29, 1.82) is 0 Å². The second kappa shape index (κ2) is 10.8. The molecule has 43 heavy (non-hydrogen) atoms. The van der Waals surface area contributed by atoms with Crippen molar-refractivity contribution >= 4 is 22.3 Å². The molecule has 0 unspecified atom stereocenters. The molecule has 2 atom stereocenters. The van der Waals surface area contributed by atoms with Crippen LogP contribution < -0.4 is 19.9 Å². The Morgan fingerprint density at radius 3 is 2.63 bits per heavy atom. The Bertz CT molecular complexity index is 1620. The number of phenolic OH excluding ortho intramolecular Hbond substituents is 1.